The van der Waals surface area contributed by atoms with Gasteiger partial charge in [0.15, 0.2) is 0 Å². The number of nitrogens with zero attached hydrogens (tertiary/aromatic N) is 4. The number of carbonyl (C=O) groups excluding carboxylic acids is 1. The van der Waals surface area contributed by atoms with Gasteiger partial charge in [-0.1, -0.05) is 6.92 Å². The highest BCUT2D eigenvalue weighted by atomic mass is 16.5. The lowest BCUT2D eigenvalue weighted by atomic mass is 9.97. The topological polar surface area (TPSA) is 60.2 Å². The van der Waals surface area contributed by atoms with Crippen molar-refractivity contribution in [3.05, 3.63) is 12.2 Å². The van der Waals surface area contributed by atoms with Crippen LogP contribution in [0.5, 0.6) is 0 Å². The molecule has 112 valence electrons. The van der Waals surface area contributed by atoms with Gasteiger partial charge in [-0.15, -0.1) is 0 Å². The van der Waals surface area contributed by atoms with Crippen LogP contribution in [0, 0.1) is 5.92 Å². The zero-order valence-corrected chi connectivity index (χ0v) is 12.4. The van der Waals surface area contributed by atoms with Crippen LogP contribution >= 0.6 is 0 Å². The second kappa shape index (κ2) is 7.38. The van der Waals surface area contributed by atoms with Gasteiger partial charge in [0.05, 0.1) is 19.1 Å². The van der Waals surface area contributed by atoms with Gasteiger partial charge < -0.3 is 4.74 Å². The monoisotopic (exact) mass is 280 g/mol. The second-order valence-corrected chi connectivity index (χ2v) is 5.20. The third-order valence-corrected chi connectivity index (χ3v) is 3.70. The number of piperidine rings is 1. The summed E-state index contributed by atoms with van der Waals surface area (Å²) in [5, 5.41) is 4.24. The molecule has 0 saturated carbocycles. The normalized spacial score (nSPS) is 17.3. The smallest absolute Gasteiger partial charge is 0.309 e. The molecule has 1 aliphatic heterocycles. The summed E-state index contributed by atoms with van der Waals surface area (Å²) in [5.74, 6) is 1.04. The molecule has 1 aliphatic rings. The molecule has 2 rings (SSSR count). The summed E-state index contributed by atoms with van der Waals surface area (Å²) in [7, 11) is 0. The van der Waals surface area contributed by atoms with E-state index in [1.165, 1.54) is 0 Å². The molecule has 0 N–H and O–H groups in total. The average molecular weight is 280 g/mol. The first-order chi connectivity index (χ1) is 9.74. The molecule has 0 spiro atoms. The number of hydrogen-bond donors (Lipinski definition) is 0. The van der Waals surface area contributed by atoms with Crippen LogP contribution in [-0.2, 0) is 22.6 Å². The van der Waals surface area contributed by atoms with Crippen molar-refractivity contribution in [1.82, 2.24) is 19.7 Å². The number of ether oxygens (including phenoxy) is 1. The molecule has 0 aliphatic carbocycles. The number of likely N-dealkylation sites (tertiary alicyclic amines) is 1. The molecule has 0 radical (unpaired) electrons. The molecule has 0 amide bonds. The van der Waals surface area contributed by atoms with E-state index < -0.39 is 0 Å². The number of esters is 1. The van der Waals surface area contributed by atoms with Crippen LogP contribution in [-0.4, -0.2) is 45.3 Å². The summed E-state index contributed by atoms with van der Waals surface area (Å²) in [5.41, 5.74) is 0. The highest BCUT2D eigenvalue weighted by Crippen LogP contribution is 2.19. The molecule has 6 nitrogen and oxygen atoms in total. The van der Waals surface area contributed by atoms with Crippen molar-refractivity contribution >= 4 is 5.97 Å². The quantitative estimate of drug-likeness (QED) is 0.738. The number of carbonyl (C=O) groups is 1. The molecule has 2 heterocycles. The van der Waals surface area contributed by atoms with E-state index >= 15 is 0 Å². The summed E-state index contributed by atoms with van der Waals surface area (Å²) in [6.45, 7) is 8.03. The molecule has 0 aromatic carbocycles. The van der Waals surface area contributed by atoms with Gasteiger partial charge in [-0.25, -0.2) is 9.67 Å². The van der Waals surface area contributed by atoms with Crippen molar-refractivity contribution in [2.45, 2.75) is 46.2 Å². The Balaban J connectivity index is 1.82. The summed E-state index contributed by atoms with van der Waals surface area (Å²) < 4.78 is 7.06. The Hall–Kier alpha value is -1.43. The number of rotatable bonds is 6. The summed E-state index contributed by atoms with van der Waals surface area (Å²) in [6, 6.07) is 0. The fraction of sp³-hybridized carbons (Fsp3) is 0.786. The Bertz CT molecular complexity index is 425. The summed E-state index contributed by atoms with van der Waals surface area (Å²) in [6.07, 6.45) is 4.43. The van der Waals surface area contributed by atoms with Crippen LogP contribution in [0.3, 0.4) is 0 Å². The molecular weight excluding hydrogens is 256 g/mol. The molecule has 0 bridgehead atoms. The molecule has 1 aromatic heterocycles. The lowest BCUT2D eigenvalue weighted by Crippen LogP contribution is -2.37. The highest BCUT2D eigenvalue weighted by molar-refractivity contribution is 5.72. The van der Waals surface area contributed by atoms with Gasteiger partial charge in [-0.2, -0.15) is 5.10 Å². The average Bonchev–Trinajstić information content (AvgIpc) is 2.88. The first-order valence-electron chi connectivity index (χ1n) is 7.50. The van der Waals surface area contributed by atoms with Crippen molar-refractivity contribution in [3.63, 3.8) is 0 Å². The second-order valence-electron chi connectivity index (χ2n) is 5.20. The van der Waals surface area contributed by atoms with Crippen molar-refractivity contribution < 1.29 is 9.53 Å². The van der Waals surface area contributed by atoms with Gasteiger partial charge in [0.2, 0.25) is 0 Å². The van der Waals surface area contributed by atoms with Crippen LogP contribution in [0.25, 0.3) is 0 Å². The third kappa shape index (κ3) is 3.79. The van der Waals surface area contributed by atoms with Crippen LogP contribution in [0.1, 0.15) is 38.9 Å². The molecule has 1 aromatic rings. The Labute approximate surface area is 120 Å². The first-order valence-corrected chi connectivity index (χ1v) is 7.50. The highest BCUT2D eigenvalue weighted by Gasteiger charge is 2.26. The van der Waals surface area contributed by atoms with Gasteiger partial charge in [-0.3, -0.25) is 9.69 Å². The van der Waals surface area contributed by atoms with Crippen molar-refractivity contribution in [3.8, 4) is 0 Å². The standard InChI is InChI=1S/C14H24N4O2/c1-3-7-18-13(15-11-16-18)10-17-8-5-12(6-9-17)14(19)20-4-2/h11-12H,3-10H2,1-2H3. The van der Waals surface area contributed by atoms with Crippen LogP contribution < -0.4 is 0 Å². The Morgan fingerprint density at radius 1 is 1.40 bits per heavy atom. The van der Waals surface area contributed by atoms with E-state index in [9.17, 15) is 4.79 Å². The van der Waals surface area contributed by atoms with E-state index in [1.54, 1.807) is 6.33 Å². The molecule has 0 unspecified atom stereocenters. The third-order valence-electron chi connectivity index (χ3n) is 3.70. The fourth-order valence-electron chi connectivity index (χ4n) is 2.60. The summed E-state index contributed by atoms with van der Waals surface area (Å²) in [4.78, 5) is 18.4. The molecule has 1 saturated heterocycles. The zero-order chi connectivity index (χ0) is 14.4. The zero-order valence-electron chi connectivity index (χ0n) is 12.4. The SMILES string of the molecule is CCCn1ncnc1CN1CCC(C(=O)OCC)CC1. The fourth-order valence-corrected chi connectivity index (χ4v) is 2.60. The minimum absolute atomic E-state index is 0.0405. The van der Waals surface area contributed by atoms with E-state index in [0.29, 0.717) is 6.61 Å². The van der Waals surface area contributed by atoms with E-state index in [2.05, 4.69) is 21.9 Å². The maximum absolute atomic E-state index is 11.7. The molecule has 1 fully saturated rings. The van der Waals surface area contributed by atoms with Crippen molar-refractivity contribution in [2.75, 3.05) is 19.7 Å². The summed E-state index contributed by atoms with van der Waals surface area (Å²) >= 11 is 0. The van der Waals surface area contributed by atoms with E-state index in [4.69, 9.17) is 4.74 Å². The van der Waals surface area contributed by atoms with Crippen molar-refractivity contribution in [1.29, 1.82) is 0 Å². The lowest BCUT2D eigenvalue weighted by Gasteiger charge is -2.30. The first kappa shape index (κ1) is 15.0. The molecule has 20 heavy (non-hydrogen) atoms. The van der Waals surface area contributed by atoms with Gasteiger partial charge in [0.25, 0.3) is 0 Å². The van der Waals surface area contributed by atoms with Gasteiger partial charge in [0.1, 0.15) is 12.2 Å². The van der Waals surface area contributed by atoms with Crippen LogP contribution in [0.15, 0.2) is 6.33 Å². The van der Waals surface area contributed by atoms with Crippen LogP contribution in [0.4, 0.5) is 0 Å². The van der Waals surface area contributed by atoms with Gasteiger partial charge >= 0.3 is 5.97 Å². The van der Waals surface area contributed by atoms with Crippen LogP contribution in [0.2, 0.25) is 0 Å². The van der Waals surface area contributed by atoms with E-state index in [-0.39, 0.29) is 11.9 Å². The minimum Gasteiger partial charge on any atom is -0.466 e. The maximum atomic E-state index is 11.7. The maximum Gasteiger partial charge on any atom is 0.309 e. The van der Waals surface area contributed by atoms with Gasteiger partial charge in [-0.05, 0) is 39.3 Å². The Morgan fingerprint density at radius 3 is 2.80 bits per heavy atom. The molecule has 6 heteroatoms. The van der Waals surface area contributed by atoms with Crippen molar-refractivity contribution in [2.24, 2.45) is 5.92 Å². The van der Waals surface area contributed by atoms with Gasteiger partial charge in [0, 0.05) is 6.54 Å². The number of hydrogen-bond acceptors (Lipinski definition) is 5. The molecular formula is C14H24N4O2. The largest absolute Gasteiger partial charge is 0.466 e. The number of aromatic nitrogens is 3. The predicted octanol–water partition coefficient (Wildman–Crippen LogP) is 1.46. The Morgan fingerprint density at radius 2 is 2.15 bits per heavy atom. The Kier molecular flexibility index (Phi) is 5.52. The number of aryl methyl sites for hydroxylation is 1. The van der Waals surface area contributed by atoms with E-state index in [0.717, 1.165) is 51.3 Å². The minimum atomic E-state index is -0.0405. The lowest BCUT2D eigenvalue weighted by molar-refractivity contribution is -0.149. The predicted molar refractivity (Wildman–Crippen MR) is 74.9 cm³/mol. The van der Waals surface area contributed by atoms with E-state index in [1.807, 2.05) is 11.6 Å². The molecule has 0 atom stereocenters.